The van der Waals surface area contributed by atoms with Gasteiger partial charge in [0.1, 0.15) is 0 Å². The smallest absolute Gasteiger partial charge is 0.238 e. The van der Waals surface area contributed by atoms with Crippen molar-refractivity contribution in [2.45, 2.75) is 25.7 Å². The molecule has 0 saturated carbocycles. The highest BCUT2D eigenvalue weighted by Crippen LogP contribution is 2.43. The molecule has 0 bridgehead atoms. The molecule has 9 aromatic rings. The fourth-order valence-corrected chi connectivity index (χ4v) is 7.88. The molecule has 0 spiro atoms. The molecule has 48 heavy (non-hydrogen) atoms. The van der Waals surface area contributed by atoms with Crippen molar-refractivity contribution in [3.8, 4) is 34.4 Å². The van der Waals surface area contributed by atoms with Gasteiger partial charge in [-0.3, -0.25) is 4.57 Å². The molecule has 0 N–H and O–H groups in total. The Morgan fingerprint density at radius 3 is 1.31 bits per heavy atom. The van der Waals surface area contributed by atoms with Crippen molar-refractivity contribution >= 4 is 43.6 Å². The van der Waals surface area contributed by atoms with Crippen molar-refractivity contribution in [3.05, 3.63) is 150 Å². The van der Waals surface area contributed by atoms with Crippen LogP contribution in [0.4, 0.5) is 0 Å². The first-order valence-corrected chi connectivity index (χ1v) is 16.8. The van der Waals surface area contributed by atoms with Gasteiger partial charge in [-0.05, 0) is 96.5 Å². The van der Waals surface area contributed by atoms with Gasteiger partial charge in [-0.15, -0.1) is 0 Å². The third-order valence-corrected chi connectivity index (χ3v) is 10.5. The molecule has 0 unspecified atom stereocenters. The van der Waals surface area contributed by atoms with Crippen LogP contribution in [0.15, 0.2) is 127 Å². The van der Waals surface area contributed by atoms with Gasteiger partial charge in [0, 0.05) is 38.4 Å². The van der Waals surface area contributed by atoms with Crippen LogP contribution in [0.25, 0.3) is 78.0 Å². The Morgan fingerprint density at radius 1 is 0.375 bits per heavy atom. The van der Waals surface area contributed by atoms with Gasteiger partial charge in [-0.1, -0.05) is 78.9 Å². The van der Waals surface area contributed by atoms with Gasteiger partial charge in [0.25, 0.3) is 0 Å². The summed E-state index contributed by atoms with van der Waals surface area (Å²) in [6, 6.07) is 45.7. The van der Waals surface area contributed by atoms with E-state index >= 15 is 0 Å². The zero-order chi connectivity index (χ0) is 31.3. The maximum absolute atomic E-state index is 5.21. The average molecular weight is 616 g/mol. The Bertz CT molecular complexity index is 2700. The van der Waals surface area contributed by atoms with Gasteiger partial charge in [0.2, 0.25) is 5.95 Å². The lowest BCUT2D eigenvalue weighted by atomic mass is 9.87. The van der Waals surface area contributed by atoms with Gasteiger partial charge >= 0.3 is 0 Å². The molecule has 0 radical (unpaired) electrons. The summed E-state index contributed by atoms with van der Waals surface area (Å²) >= 11 is 0. The molecule has 3 aromatic heterocycles. The maximum Gasteiger partial charge on any atom is 0.238 e. The Labute approximate surface area is 276 Å². The lowest BCUT2D eigenvalue weighted by Gasteiger charge is -2.19. The van der Waals surface area contributed by atoms with Crippen LogP contribution in [-0.2, 0) is 25.7 Å². The number of fused-ring (bicyclic) bond motifs is 8. The summed E-state index contributed by atoms with van der Waals surface area (Å²) in [6.07, 6.45) is 4.54. The zero-order valence-electron chi connectivity index (χ0n) is 26.2. The number of aryl methyl sites for hydroxylation is 4. The summed E-state index contributed by atoms with van der Waals surface area (Å²) in [5.41, 5.74) is 13.6. The first kappa shape index (κ1) is 26.0. The van der Waals surface area contributed by atoms with E-state index < -0.39 is 0 Å². The normalized spacial score (nSPS) is 13.5. The number of rotatable bonds is 4. The molecule has 11 rings (SSSR count). The number of nitrogens with zero attached hydrogens (tertiary/aromatic N) is 5. The van der Waals surface area contributed by atoms with Gasteiger partial charge < -0.3 is 4.57 Å². The molecular weight excluding hydrogens is 587 g/mol. The number of hydrogen-bond donors (Lipinski definition) is 0. The van der Waals surface area contributed by atoms with E-state index in [-0.39, 0.29) is 0 Å². The van der Waals surface area contributed by atoms with E-state index in [9.17, 15) is 0 Å². The molecule has 226 valence electrons. The summed E-state index contributed by atoms with van der Waals surface area (Å²) in [5, 5.41) is 5.07. The number of para-hydroxylation sites is 1. The molecule has 5 nitrogen and oxygen atoms in total. The Kier molecular flexibility index (Phi) is 5.28. The molecule has 0 aliphatic heterocycles. The van der Waals surface area contributed by atoms with E-state index in [1.54, 1.807) is 0 Å². The van der Waals surface area contributed by atoms with Crippen LogP contribution in [-0.4, -0.2) is 24.1 Å². The first-order chi connectivity index (χ1) is 23.8. The van der Waals surface area contributed by atoms with E-state index in [1.165, 1.54) is 60.5 Å². The lowest BCUT2D eigenvalue weighted by molar-refractivity contribution is 0.842. The second kappa shape index (κ2) is 9.72. The number of benzene rings is 6. The molecule has 0 amide bonds. The van der Waals surface area contributed by atoms with Crippen molar-refractivity contribution in [2.24, 2.45) is 0 Å². The zero-order valence-corrected chi connectivity index (χ0v) is 26.2. The average Bonchev–Trinajstić information content (AvgIpc) is 3.60. The fraction of sp³-hybridized carbons (Fsp3) is 0.0930. The molecule has 6 aromatic carbocycles. The third-order valence-electron chi connectivity index (χ3n) is 10.5. The molecule has 0 atom stereocenters. The first-order valence-electron chi connectivity index (χ1n) is 16.8. The van der Waals surface area contributed by atoms with Crippen molar-refractivity contribution in [2.75, 3.05) is 0 Å². The van der Waals surface area contributed by atoms with Crippen LogP contribution >= 0.6 is 0 Å². The predicted octanol–water partition coefficient (Wildman–Crippen LogP) is 9.60. The van der Waals surface area contributed by atoms with Crippen LogP contribution in [0.5, 0.6) is 0 Å². The van der Waals surface area contributed by atoms with Gasteiger partial charge in [0.05, 0.1) is 22.1 Å². The predicted molar refractivity (Wildman–Crippen MR) is 194 cm³/mol. The van der Waals surface area contributed by atoms with Crippen LogP contribution in [0.3, 0.4) is 0 Å². The molecular formula is C43H29N5. The van der Waals surface area contributed by atoms with E-state index in [0.29, 0.717) is 17.6 Å². The molecule has 3 heterocycles. The second-order valence-electron chi connectivity index (χ2n) is 13.2. The highest BCUT2D eigenvalue weighted by molar-refractivity contribution is 6.19. The Hall–Kier alpha value is -6.07. The SMILES string of the molecule is c1ccc(-c2nc(-c3ccccc3)nc(-n3c4cc5c(cc4c4cc6c7cc8c(cc7n(-c7ccccc7)c6cc43)CC8)CC5)n2)cc1. The van der Waals surface area contributed by atoms with Crippen LogP contribution in [0, 0.1) is 0 Å². The number of aromatic nitrogens is 5. The van der Waals surface area contributed by atoms with Crippen molar-refractivity contribution in [1.29, 1.82) is 0 Å². The molecule has 2 aliphatic carbocycles. The number of hydrogen-bond acceptors (Lipinski definition) is 3. The third kappa shape index (κ3) is 3.70. The van der Waals surface area contributed by atoms with Crippen LogP contribution < -0.4 is 0 Å². The van der Waals surface area contributed by atoms with Crippen molar-refractivity contribution in [3.63, 3.8) is 0 Å². The largest absolute Gasteiger partial charge is 0.309 e. The molecule has 0 fully saturated rings. The van der Waals surface area contributed by atoms with E-state index in [0.717, 1.165) is 47.8 Å². The molecule has 2 aliphatic rings. The van der Waals surface area contributed by atoms with E-state index in [2.05, 4.69) is 100 Å². The topological polar surface area (TPSA) is 48.5 Å². The molecule has 5 heteroatoms. The second-order valence-corrected chi connectivity index (χ2v) is 13.2. The summed E-state index contributed by atoms with van der Waals surface area (Å²) in [5.74, 6) is 1.96. The van der Waals surface area contributed by atoms with Crippen LogP contribution in [0.1, 0.15) is 22.3 Å². The van der Waals surface area contributed by atoms with Gasteiger partial charge in [-0.2, -0.15) is 9.97 Å². The minimum absolute atomic E-state index is 0.631. The van der Waals surface area contributed by atoms with Gasteiger partial charge in [0.15, 0.2) is 11.6 Å². The Morgan fingerprint density at radius 2 is 0.792 bits per heavy atom. The van der Waals surface area contributed by atoms with E-state index in [1.807, 2.05) is 36.4 Å². The quantitative estimate of drug-likeness (QED) is 0.198. The highest BCUT2D eigenvalue weighted by Gasteiger charge is 2.25. The minimum atomic E-state index is 0.631. The standard InChI is InChI=1S/C43H29N5/c1-4-10-26(11-5-1)41-44-42(27-12-6-2-7-13-27)46-43(45-41)48-38-23-31-19-17-29(31)21-34(38)36-24-35-33-20-28-16-18-30(28)22-37(33)47(39(35)25-40(36)48)32-14-8-3-9-15-32/h1-15,20-25H,16-19H2. The summed E-state index contributed by atoms with van der Waals surface area (Å²) in [7, 11) is 0. The molecule has 0 saturated heterocycles. The monoisotopic (exact) mass is 615 g/mol. The lowest BCUT2D eigenvalue weighted by Crippen LogP contribution is -2.09. The van der Waals surface area contributed by atoms with Crippen molar-refractivity contribution in [1.82, 2.24) is 24.1 Å². The summed E-state index contributed by atoms with van der Waals surface area (Å²) in [6.45, 7) is 0. The maximum atomic E-state index is 5.21. The van der Waals surface area contributed by atoms with Crippen LogP contribution in [0.2, 0.25) is 0 Å². The Balaban J connectivity index is 1.28. The summed E-state index contributed by atoms with van der Waals surface area (Å²) < 4.78 is 4.73. The van der Waals surface area contributed by atoms with Crippen molar-refractivity contribution < 1.29 is 0 Å². The van der Waals surface area contributed by atoms with Gasteiger partial charge in [-0.25, -0.2) is 4.98 Å². The minimum Gasteiger partial charge on any atom is -0.309 e. The fourth-order valence-electron chi connectivity index (χ4n) is 7.88. The van der Waals surface area contributed by atoms with E-state index in [4.69, 9.17) is 15.0 Å². The summed E-state index contributed by atoms with van der Waals surface area (Å²) in [4.78, 5) is 15.4. The highest BCUT2D eigenvalue weighted by atomic mass is 15.2.